The van der Waals surface area contributed by atoms with Crippen LogP contribution in [-0.4, -0.2) is 27.5 Å². The number of hydrogen-bond donors (Lipinski definition) is 0. The summed E-state index contributed by atoms with van der Waals surface area (Å²) in [6.07, 6.45) is 1.57. The molecule has 0 aliphatic carbocycles. The van der Waals surface area contributed by atoms with E-state index in [4.69, 9.17) is 9.47 Å². The SMILES string of the molecule is CO/N=C/c1cccc(OC)c1OC. The molecule has 1 aromatic rings. The van der Waals surface area contributed by atoms with Crippen LogP contribution in [0, 0.1) is 0 Å². The summed E-state index contributed by atoms with van der Waals surface area (Å²) in [4.78, 5) is 4.59. The van der Waals surface area contributed by atoms with Gasteiger partial charge in [0.1, 0.15) is 7.11 Å². The number of benzene rings is 1. The van der Waals surface area contributed by atoms with E-state index in [-0.39, 0.29) is 0 Å². The zero-order valence-electron chi connectivity index (χ0n) is 8.48. The normalized spacial score (nSPS) is 10.2. The molecule has 14 heavy (non-hydrogen) atoms. The summed E-state index contributed by atoms with van der Waals surface area (Å²) in [5.41, 5.74) is 0.814. The van der Waals surface area contributed by atoms with E-state index in [0.717, 1.165) is 5.56 Å². The van der Waals surface area contributed by atoms with E-state index < -0.39 is 0 Å². The van der Waals surface area contributed by atoms with Crippen molar-refractivity contribution in [1.82, 2.24) is 0 Å². The lowest BCUT2D eigenvalue weighted by Gasteiger charge is -2.08. The van der Waals surface area contributed by atoms with Crippen LogP contribution in [0.25, 0.3) is 0 Å². The number of oxime groups is 1. The number of nitrogens with zero attached hydrogens (tertiary/aromatic N) is 1. The van der Waals surface area contributed by atoms with Crippen molar-refractivity contribution in [2.24, 2.45) is 5.16 Å². The zero-order chi connectivity index (χ0) is 10.4. The summed E-state index contributed by atoms with van der Waals surface area (Å²) in [7, 11) is 4.67. The van der Waals surface area contributed by atoms with Crippen molar-refractivity contribution in [3.63, 3.8) is 0 Å². The maximum Gasteiger partial charge on any atom is 0.169 e. The second-order valence-electron chi connectivity index (χ2n) is 2.50. The summed E-state index contributed by atoms with van der Waals surface area (Å²) in [6, 6.07) is 5.55. The maximum absolute atomic E-state index is 5.19. The van der Waals surface area contributed by atoms with Crippen molar-refractivity contribution >= 4 is 6.21 Å². The van der Waals surface area contributed by atoms with Crippen LogP contribution in [0.5, 0.6) is 11.5 Å². The van der Waals surface area contributed by atoms with Crippen LogP contribution in [0.15, 0.2) is 23.4 Å². The molecule has 0 radical (unpaired) electrons. The lowest BCUT2D eigenvalue weighted by Crippen LogP contribution is -1.95. The van der Waals surface area contributed by atoms with Gasteiger partial charge in [-0.3, -0.25) is 0 Å². The molecule has 0 bridgehead atoms. The van der Waals surface area contributed by atoms with Gasteiger partial charge in [-0.2, -0.15) is 0 Å². The van der Waals surface area contributed by atoms with E-state index >= 15 is 0 Å². The van der Waals surface area contributed by atoms with Crippen molar-refractivity contribution < 1.29 is 14.3 Å². The molecule has 0 aliphatic rings. The minimum atomic E-state index is 0.649. The Morgan fingerprint density at radius 3 is 2.50 bits per heavy atom. The van der Waals surface area contributed by atoms with Gasteiger partial charge in [-0.15, -0.1) is 0 Å². The predicted molar refractivity (Wildman–Crippen MR) is 54.1 cm³/mol. The summed E-state index contributed by atoms with van der Waals surface area (Å²) in [5.74, 6) is 1.32. The third-order valence-corrected chi connectivity index (χ3v) is 1.73. The summed E-state index contributed by atoms with van der Waals surface area (Å²) in [6.45, 7) is 0. The van der Waals surface area contributed by atoms with E-state index in [0.29, 0.717) is 11.5 Å². The number of methoxy groups -OCH3 is 2. The molecular weight excluding hydrogens is 182 g/mol. The zero-order valence-corrected chi connectivity index (χ0v) is 8.48. The van der Waals surface area contributed by atoms with Crippen molar-refractivity contribution in [2.75, 3.05) is 21.3 Å². The van der Waals surface area contributed by atoms with Gasteiger partial charge >= 0.3 is 0 Å². The Bertz CT molecular complexity index is 323. The van der Waals surface area contributed by atoms with Crippen LogP contribution in [0.4, 0.5) is 0 Å². The molecule has 76 valence electrons. The molecule has 0 aliphatic heterocycles. The molecular formula is C10H13NO3. The lowest BCUT2D eigenvalue weighted by atomic mass is 10.2. The first-order valence-corrected chi connectivity index (χ1v) is 4.11. The monoisotopic (exact) mass is 195 g/mol. The van der Waals surface area contributed by atoms with Crippen LogP contribution in [-0.2, 0) is 4.84 Å². The third kappa shape index (κ3) is 2.16. The molecule has 0 saturated carbocycles. The lowest BCUT2D eigenvalue weighted by molar-refractivity contribution is 0.215. The van der Waals surface area contributed by atoms with E-state index in [1.807, 2.05) is 18.2 Å². The van der Waals surface area contributed by atoms with E-state index in [1.165, 1.54) is 7.11 Å². The highest BCUT2D eigenvalue weighted by Crippen LogP contribution is 2.29. The quantitative estimate of drug-likeness (QED) is 0.542. The van der Waals surface area contributed by atoms with Gasteiger partial charge in [0, 0.05) is 5.56 Å². The molecule has 0 heterocycles. The molecule has 0 fully saturated rings. The minimum Gasteiger partial charge on any atom is -0.493 e. The molecule has 0 unspecified atom stereocenters. The molecule has 0 saturated heterocycles. The molecule has 0 spiro atoms. The highest BCUT2D eigenvalue weighted by Gasteiger charge is 2.06. The van der Waals surface area contributed by atoms with Crippen molar-refractivity contribution in [2.45, 2.75) is 0 Å². The fraction of sp³-hybridized carbons (Fsp3) is 0.300. The molecule has 0 amide bonds. The molecule has 4 nitrogen and oxygen atoms in total. The van der Waals surface area contributed by atoms with Crippen molar-refractivity contribution in [3.8, 4) is 11.5 Å². The van der Waals surface area contributed by atoms with Gasteiger partial charge in [0.25, 0.3) is 0 Å². The molecule has 1 rings (SSSR count). The summed E-state index contributed by atoms with van der Waals surface area (Å²) in [5, 5.41) is 3.67. The third-order valence-electron chi connectivity index (χ3n) is 1.73. The highest BCUT2D eigenvalue weighted by molar-refractivity contribution is 5.84. The Labute approximate surface area is 83.1 Å². The van der Waals surface area contributed by atoms with Gasteiger partial charge in [0.15, 0.2) is 11.5 Å². The largest absolute Gasteiger partial charge is 0.493 e. The number of ether oxygens (including phenoxy) is 2. The Balaban J connectivity index is 3.08. The smallest absolute Gasteiger partial charge is 0.169 e. The second-order valence-corrected chi connectivity index (χ2v) is 2.50. The van der Waals surface area contributed by atoms with Gasteiger partial charge in [-0.25, -0.2) is 0 Å². The predicted octanol–water partition coefficient (Wildman–Crippen LogP) is 1.68. The van der Waals surface area contributed by atoms with Gasteiger partial charge in [-0.05, 0) is 12.1 Å². The Morgan fingerprint density at radius 1 is 1.14 bits per heavy atom. The Morgan fingerprint density at radius 2 is 1.93 bits per heavy atom. The topological polar surface area (TPSA) is 40.0 Å². The van der Waals surface area contributed by atoms with Gasteiger partial charge in [-0.1, -0.05) is 11.2 Å². The second kappa shape index (κ2) is 5.11. The minimum absolute atomic E-state index is 0.649. The molecule has 0 N–H and O–H groups in total. The van der Waals surface area contributed by atoms with Crippen LogP contribution in [0.3, 0.4) is 0 Å². The van der Waals surface area contributed by atoms with Gasteiger partial charge in [0.2, 0.25) is 0 Å². The molecule has 0 atom stereocenters. The first kappa shape index (κ1) is 10.4. The first-order chi connectivity index (χ1) is 6.83. The van der Waals surface area contributed by atoms with Gasteiger partial charge < -0.3 is 14.3 Å². The number of hydrogen-bond acceptors (Lipinski definition) is 4. The Hall–Kier alpha value is -1.71. The molecule has 1 aromatic carbocycles. The average molecular weight is 195 g/mol. The van der Waals surface area contributed by atoms with Crippen LogP contribution in [0.1, 0.15) is 5.56 Å². The van der Waals surface area contributed by atoms with Crippen LogP contribution in [0.2, 0.25) is 0 Å². The van der Waals surface area contributed by atoms with Crippen molar-refractivity contribution in [1.29, 1.82) is 0 Å². The summed E-state index contributed by atoms with van der Waals surface area (Å²) >= 11 is 0. The fourth-order valence-electron chi connectivity index (χ4n) is 1.12. The van der Waals surface area contributed by atoms with Crippen molar-refractivity contribution in [3.05, 3.63) is 23.8 Å². The van der Waals surface area contributed by atoms with E-state index in [1.54, 1.807) is 20.4 Å². The van der Waals surface area contributed by atoms with E-state index in [2.05, 4.69) is 9.99 Å². The first-order valence-electron chi connectivity index (χ1n) is 4.11. The Kier molecular flexibility index (Phi) is 3.79. The number of rotatable bonds is 4. The molecule has 4 heteroatoms. The summed E-state index contributed by atoms with van der Waals surface area (Å²) < 4.78 is 10.3. The molecule has 0 aromatic heterocycles. The maximum atomic E-state index is 5.19. The standard InChI is InChI=1S/C10H13NO3/c1-12-9-6-4-5-8(7-11-14-3)10(9)13-2/h4-7H,1-3H3/b11-7+. The van der Waals surface area contributed by atoms with Crippen LogP contribution < -0.4 is 9.47 Å². The highest BCUT2D eigenvalue weighted by atomic mass is 16.6. The van der Waals surface area contributed by atoms with Gasteiger partial charge in [0.05, 0.1) is 20.4 Å². The van der Waals surface area contributed by atoms with Crippen LogP contribution >= 0.6 is 0 Å². The average Bonchev–Trinajstić information content (AvgIpc) is 2.25. The number of para-hydroxylation sites is 1. The van der Waals surface area contributed by atoms with E-state index in [9.17, 15) is 0 Å². The fourth-order valence-corrected chi connectivity index (χ4v) is 1.12.